The molecule has 0 saturated heterocycles. The van der Waals surface area contributed by atoms with Gasteiger partial charge in [0.15, 0.2) is 0 Å². The Bertz CT molecular complexity index is 604. The highest BCUT2D eigenvalue weighted by Gasteiger charge is 2.54. The highest BCUT2D eigenvalue weighted by atomic mass is 31.1. The summed E-state index contributed by atoms with van der Waals surface area (Å²) in [5.74, 6) is 0. The van der Waals surface area contributed by atoms with Gasteiger partial charge < -0.3 is 9.05 Å². The van der Waals surface area contributed by atoms with Crippen molar-refractivity contribution >= 4 is 40.6 Å². The van der Waals surface area contributed by atoms with E-state index in [0.29, 0.717) is 12.8 Å². The molecule has 0 radical (unpaired) electrons. The zero-order chi connectivity index (χ0) is 24.2. The van der Waals surface area contributed by atoms with Crippen molar-refractivity contribution in [3.05, 3.63) is 0 Å². The van der Waals surface area contributed by atoms with Gasteiger partial charge in [0, 0.05) is 9.32 Å². The predicted octanol–water partition coefficient (Wildman–Crippen LogP) is 7.15. The molecule has 0 N–H and O–H groups in total. The van der Waals surface area contributed by atoms with Gasteiger partial charge in [-0.15, -0.1) is 0 Å². The van der Waals surface area contributed by atoms with Crippen molar-refractivity contribution in [3.8, 4) is 12.1 Å². The predicted molar refractivity (Wildman–Crippen MR) is 140 cm³/mol. The number of hydrogen-bond donors (Lipinski definition) is 0. The van der Waals surface area contributed by atoms with Crippen molar-refractivity contribution in [1.82, 2.24) is 0 Å². The molecule has 0 spiro atoms. The Hall–Kier alpha value is -0.00247. The Morgan fingerprint density at radius 3 is 1.03 bits per heavy atom. The lowest BCUT2D eigenvalue weighted by Gasteiger charge is -2.46. The Morgan fingerprint density at radius 2 is 0.867 bits per heavy atom. The molecule has 0 aliphatic heterocycles. The summed E-state index contributed by atoms with van der Waals surface area (Å²) in [6.45, 7) is 27.4. The number of rotatable bonds is 12. The summed E-state index contributed by atoms with van der Waals surface area (Å²) in [6, 6.07) is 5.32. The van der Waals surface area contributed by atoms with Crippen molar-refractivity contribution in [3.63, 3.8) is 0 Å². The number of nitriles is 2. The van der Waals surface area contributed by atoms with Gasteiger partial charge in [0.2, 0.25) is 0 Å². The first-order valence-electron chi connectivity index (χ1n) is 10.8. The van der Waals surface area contributed by atoms with E-state index in [-0.39, 0.29) is 22.5 Å². The van der Waals surface area contributed by atoms with E-state index >= 15 is 0 Å². The van der Waals surface area contributed by atoms with Gasteiger partial charge in [-0.2, -0.15) is 10.5 Å². The molecular formula is C20H45N2O3PSi4. The quantitative estimate of drug-likeness (QED) is 0.208. The Balaban J connectivity index is 5.08. The first kappa shape index (κ1) is 30.0. The molecule has 0 aliphatic carbocycles. The van der Waals surface area contributed by atoms with Gasteiger partial charge >= 0.3 is 8.25 Å². The summed E-state index contributed by atoms with van der Waals surface area (Å²) in [5.41, 5.74) is 0. The van der Waals surface area contributed by atoms with Crippen molar-refractivity contribution in [2.75, 3.05) is 13.2 Å². The molecule has 5 nitrogen and oxygen atoms in total. The monoisotopic (exact) mass is 504 g/mol. The zero-order valence-electron chi connectivity index (χ0n) is 21.4. The second-order valence-electron chi connectivity index (χ2n) is 12.5. The van der Waals surface area contributed by atoms with Gasteiger partial charge in [0.25, 0.3) is 0 Å². The van der Waals surface area contributed by atoms with Gasteiger partial charge in [-0.3, -0.25) is 4.57 Å². The van der Waals surface area contributed by atoms with Crippen LogP contribution in [0.1, 0.15) is 12.8 Å². The van der Waals surface area contributed by atoms with E-state index in [1.54, 1.807) is 0 Å². The van der Waals surface area contributed by atoms with Gasteiger partial charge in [0.1, 0.15) is 0 Å². The third-order valence-electron chi connectivity index (χ3n) is 6.90. The fraction of sp³-hybridized carbons (Fsp3) is 0.900. The Kier molecular flexibility index (Phi) is 10.3. The van der Waals surface area contributed by atoms with E-state index in [1.165, 1.54) is 0 Å². The third-order valence-corrected chi connectivity index (χ3v) is 28.5. The summed E-state index contributed by atoms with van der Waals surface area (Å²) in [4.78, 5) is 0. The summed E-state index contributed by atoms with van der Waals surface area (Å²) in [7, 11) is -9.75. The summed E-state index contributed by atoms with van der Waals surface area (Å²) >= 11 is 0. The lowest BCUT2D eigenvalue weighted by Crippen LogP contribution is -2.54. The average Bonchev–Trinajstić information content (AvgIpc) is 2.50. The van der Waals surface area contributed by atoms with Crippen LogP contribution < -0.4 is 0 Å². The minimum absolute atomic E-state index is 0.283. The number of hydrogen-bond acceptors (Lipinski definition) is 5. The van der Waals surface area contributed by atoms with Crippen LogP contribution in [0, 0.1) is 22.7 Å². The molecular weight excluding hydrogens is 460 g/mol. The zero-order valence-corrected chi connectivity index (χ0v) is 26.4. The molecule has 0 unspecified atom stereocenters. The average molecular weight is 505 g/mol. The highest BCUT2D eigenvalue weighted by molar-refractivity contribution is 7.33. The van der Waals surface area contributed by atoms with Gasteiger partial charge in [-0.25, -0.2) is 0 Å². The highest BCUT2D eigenvalue weighted by Crippen LogP contribution is 2.51. The van der Waals surface area contributed by atoms with Crippen LogP contribution in [0.15, 0.2) is 0 Å². The first-order valence-corrected chi connectivity index (χ1v) is 26.1. The smallest absolute Gasteiger partial charge is 0.311 e. The number of nitrogens with zero attached hydrogens (tertiary/aromatic N) is 2. The molecule has 0 saturated carbocycles. The van der Waals surface area contributed by atoms with Crippen molar-refractivity contribution in [2.24, 2.45) is 0 Å². The Labute approximate surface area is 190 Å². The molecule has 0 aromatic heterocycles. The van der Waals surface area contributed by atoms with E-state index in [1.807, 2.05) is 0 Å². The van der Waals surface area contributed by atoms with Crippen LogP contribution in [0.5, 0.6) is 0 Å². The normalized spacial score (nSPS) is 14.5. The lowest BCUT2D eigenvalue weighted by molar-refractivity contribution is 0.218. The maximum absolute atomic E-state index is 12.4. The van der Waals surface area contributed by atoms with Crippen molar-refractivity contribution in [2.45, 2.75) is 101 Å². The van der Waals surface area contributed by atoms with E-state index in [4.69, 9.17) is 9.05 Å². The first-order chi connectivity index (χ1) is 13.2. The summed E-state index contributed by atoms with van der Waals surface area (Å²) in [5, 5.41) is 20.1. The minimum atomic E-state index is -2.64. The fourth-order valence-corrected chi connectivity index (χ4v) is 28.5. The molecule has 10 heteroatoms. The van der Waals surface area contributed by atoms with Crippen LogP contribution in [0.3, 0.4) is 0 Å². The molecule has 0 aliphatic rings. The van der Waals surface area contributed by atoms with Gasteiger partial charge in [0.05, 0.1) is 57.6 Å². The summed E-state index contributed by atoms with van der Waals surface area (Å²) < 4.78 is 22.9. The minimum Gasteiger partial charge on any atom is -0.311 e. The topological polar surface area (TPSA) is 83.1 Å². The molecule has 0 aromatic carbocycles. The summed E-state index contributed by atoms with van der Waals surface area (Å²) in [6.07, 6.45) is 1.22. The molecule has 0 heterocycles. The molecule has 174 valence electrons. The SMILES string of the molecule is C[Si](C)(C)C(C#N)(CCO[PH](=O)OCCC(C#N)([Si](C)(C)C)[Si](C)(C)C)[Si](C)(C)C. The largest absolute Gasteiger partial charge is 0.319 e. The molecule has 0 fully saturated rings. The standard InChI is InChI=1S/C20H45N2O3PSi4/c1-27(2,3)19(17-21,28(4,5)6)13-15-24-26(23)25-16-14-20(18-22,29(7,8)9)30(10,11)12/h26H,13-16H2,1-12H3. The molecule has 0 aromatic rings. The van der Waals surface area contributed by atoms with E-state index in [0.717, 1.165) is 0 Å². The second-order valence-corrected chi connectivity index (χ2v) is 36.0. The van der Waals surface area contributed by atoms with Gasteiger partial charge in [-0.05, 0) is 12.8 Å². The van der Waals surface area contributed by atoms with Crippen LogP contribution >= 0.6 is 8.25 Å². The maximum atomic E-state index is 12.4. The van der Waals surface area contributed by atoms with Crippen LogP contribution in [-0.4, -0.2) is 45.5 Å². The van der Waals surface area contributed by atoms with Crippen LogP contribution in [0.25, 0.3) is 0 Å². The Morgan fingerprint density at radius 1 is 0.633 bits per heavy atom. The van der Waals surface area contributed by atoms with Crippen molar-refractivity contribution in [1.29, 1.82) is 10.5 Å². The lowest BCUT2D eigenvalue weighted by atomic mass is 10.3. The molecule has 0 amide bonds. The molecule has 0 bridgehead atoms. The fourth-order valence-electron chi connectivity index (χ4n) is 5.15. The third kappa shape index (κ3) is 6.51. The van der Waals surface area contributed by atoms with Crippen LogP contribution in [0.2, 0.25) is 87.9 Å². The van der Waals surface area contributed by atoms with E-state index in [2.05, 4.69) is 90.7 Å². The van der Waals surface area contributed by atoms with E-state index in [9.17, 15) is 15.1 Å². The van der Waals surface area contributed by atoms with Crippen molar-refractivity contribution < 1.29 is 13.6 Å². The van der Waals surface area contributed by atoms with Crippen LogP contribution in [0.4, 0.5) is 0 Å². The maximum Gasteiger partial charge on any atom is 0.319 e. The molecule has 0 rings (SSSR count). The molecule has 30 heavy (non-hydrogen) atoms. The second kappa shape index (κ2) is 10.3. The van der Waals surface area contributed by atoms with Gasteiger partial charge in [-0.1, -0.05) is 78.6 Å². The van der Waals surface area contributed by atoms with E-state index < -0.39 is 40.6 Å². The van der Waals surface area contributed by atoms with Crippen LogP contribution in [-0.2, 0) is 13.6 Å². The molecule has 0 atom stereocenters.